The molecule has 1 rings (SSSR count). The van der Waals surface area contributed by atoms with Gasteiger partial charge in [-0.3, -0.25) is 4.79 Å². The lowest BCUT2D eigenvalue weighted by atomic mass is 9.99. The number of nitrogens with zero attached hydrogens (tertiary/aromatic N) is 2. The van der Waals surface area contributed by atoms with Gasteiger partial charge in [-0.15, -0.1) is 10.2 Å². The summed E-state index contributed by atoms with van der Waals surface area (Å²) < 4.78 is 0. The van der Waals surface area contributed by atoms with E-state index in [9.17, 15) is 4.79 Å². The number of unbranched alkanes of at least 4 members (excludes halogenated alkanes) is 1. The van der Waals surface area contributed by atoms with Crippen molar-refractivity contribution >= 4 is 11.7 Å². The fourth-order valence-corrected chi connectivity index (χ4v) is 1.75. The minimum absolute atomic E-state index is 0.193. The van der Waals surface area contributed by atoms with E-state index in [1.165, 1.54) is 19.3 Å². The molecule has 0 bridgehead atoms. The first-order chi connectivity index (χ1) is 8.67. The van der Waals surface area contributed by atoms with Crippen LogP contribution in [0.4, 0.5) is 5.82 Å². The van der Waals surface area contributed by atoms with Crippen LogP contribution in [0.15, 0.2) is 12.1 Å². The second-order valence-corrected chi connectivity index (χ2v) is 4.47. The molecule has 18 heavy (non-hydrogen) atoms. The molecule has 0 fully saturated rings. The summed E-state index contributed by atoms with van der Waals surface area (Å²) in [5, 5.41) is 10.9. The molecule has 0 spiro atoms. The van der Waals surface area contributed by atoms with Gasteiger partial charge in [0.1, 0.15) is 5.82 Å². The number of anilines is 1. The first-order valence-electron chi connectivity index (χ1n) is 6.54. The van der Waals surface area contributed by atoms with Gasteiger partial charge in [-0.1, -0.05) is 33.1 Å². The van der Waals surface area contributed by atoms with Crippen LogP contribution < -0.4 is 11.1 Å². The number of nitrogens with two attached hydrogens (primary N) is 1. The van der Waals surface area contributed by atoms with Gasteiger partial charge >= 0.3 is 0 Å². The normalized spacial score (nSPS) is 12.1. The highest BCUT2D eigenvalue weighted by molar-refractivity contribution is 5.90. The van der Waals surface area contributed by atoms with E-state index in [-0.39, 0.29) is 5.69 Å². The maximum Gasteiger partial charge on any atom is 0.269 e. The SMILES string of the molecule is CCCCC(CC)CNc1ccc(C(N)=O)nn1. The van der Waals surface area contributed by atoms with E-state index in [1.807, 2.05) is 0 Å². The second kappa shape index (κ2) is 7.63. The highest BCUT2D eigenvalue weighted by atomic mass is 16.1. The fourth-order valence-electron chi connectivity index (χ4n) is 1.75. The van der Waals surface area contributed by atoms with Crippen molar-refractivity contribution in [2.75, 3.05) is 11.9 Å². The molecule has 0 radical (unpaired) electrons. The number of primary amides is 1. The zero-order valence-electron chi connectivity index (χ0n) is 11.1. The lowest BCUT2D eigenvalue weighted by Gasteiger charge is -2.15. The summed E-state index contributed by atoms with van der Waals surface area (Å²) in [6, 6.07) is 3.32. The topological polar surface area (TPSA) is 80.9 Å². The van der Waals surface area contributed by atoms with Gasteiger partial charge in [0, 0.05) is 6.54 Å². The molecule has 0 aliphatic rings. The van der Waals surface area contributed by atoms with Crippen molar-refractivity contribution in [3.05, 3.63) is 17.8 Å². The summed E-state index contributed by atoms with van der Waals surface area (Å²) in [5.74, 6) is 0.793. The third kappa shape index (κ3) is 4.69. The van der Waals surface area contributed by atoms with Gasteiger partial charge in [0.2, 0.25) is 0 Å². The molecule has 3 N–H and O–H groups in total. The molecule has 1 amide bonds. The molecule has 1 unspecified atom stereocenters. The summed E-state index contributed by atoms with van der Waals surface area (Å²) in [4.78, 5) is 10.8. The minimum Gasteiger partial charge on any atom is -0.368 e. The monoisotopic (exact) mass is 250 g/mol. The van der Waals surface area contributed by atoms with Gasteiger partial charge in [-0.05, 0) is 24.5 Å². The third-order valence-corrected chi connectivity index (χ3v) is 3.03. The second-order valence-electron chi connectivity index (χ2n) is 4.47. The number of carbonyl (C=O) groups is 1. The smallest absolute Gasteiger partial charge is 0.269 e. The number of rotatable bonds is 8. The van der Waals surface area contributed by atoms with Crippen LogP contribution in [0, 0.1) is 5.92 Å². The van der Waals surface area contributed by atoms with Crippen molar-refractivity contribution in [2.45, 2.75) is 39.5 Å². The van der Waals surface area contributed by atoms with E-state index in [0.29, 0.717) is 11.7 Å². The Morgan fingerprint density at radius 2 is 2.17 bits per heavy atom. The van der Waals surface area contributed by atoms with E-state index in [1.54, 1.807) is 12.1 Å². The Morgan fingerprint density at radius 1 is 1.39 bits per heavy atom. The average molecular weight is 250 g/mol. The molecular weight excluding hydrogens is 228 g/mol. The number of carbonyl (C=O) groups excluding carboxylic acids is 1. The summed E-state index contributed by atoms with van der Waals surface area (Å²) in [6.07, 6.45) is 4.86. The van der Waals surface area contributed by atoms with Crippen molar-refractivity contribution in [1.29, 1.82) is 0 Å². The average Bonchev–Trinajstić information content (AvgIpc) is 2.39. The predicted octanol–water partition coefficient (Wildman–Crippen LogP) is 2.20. The number of aromatic nitrogens is 2. The van der Waals surface area contributed by atoms with Crippen molar-refractivity contribution in [2.24, 2.45) is 11.7 Å². The Labute approximate surface area is 108 Å². The quantitative estimate of drug-likeness (QED) is 0.741. The standard InChI is InChI=1S/C13H22N4O/c1-3-5-6-10(4-2)9-15-12-8-7-11(13(14)18)16-17-12/h7-8,10H,3-6,9H2,1-2H3,(H2,14,18)(H,15,17). The van der Waals surface area contributed by atoms with Gasteiger partial charge in [-0.25, -0.2) is 0 Å². The van der Waals surface area contributed by atoms with E-state index in [2.05, 4.69) is 29.4 Å². The van der Waals surface area contributed by atoms with Gasteiger partial charge in [0.05, 0.1) is 0 Å². The van der Waals surface area contributed by atoms with Gasteiger partial charge < -0.3 is 11.1 Å². The van der Waals surface area contributed by atoms with Crippen molar-refractivity contribution in [1.82, 2.24) is 10.2 Å². The van der Waals surface area contributed by atoms with E-state index < -0.39 is 5.91 Å². The highest BCUT2D eigenvalue weighted by Gasteiger charge is 2.07. The van der Waals surface area contributed by atoms with Crippen LogP contribution in [0.3, 0.4) is 0 Å². The van der Waals surface area contributed by atoms with E-state index in [0.717, 1.165) is 13.0 Å². The van der Waals surface area contributed by atoms with Crippen molar-refractivity contribution in [3.8, 4) is 0 Å². The summed E-state index contributed by atoms with van der Waals surface area (Å²) in [7, 11) is 0. The van der Waals surface area contributed by atoms with Crippen LogP contribution in [0.25, 0.3) is 0 Å². The van der Waals surface area contributed by atoms with E-state index >= 15 is 0 Å². The molecule has 1 atom stereocenters. The molecule has 0 saturated heterocycles. The molecule has 1 heterocycles. The summed E-state index contributed by atoms with van der Waals surface area (Å²) >= 11 is 0. The molecule has 1 aromatic heterocycles. The molecule has 5 nitrogen and oxygen atoms in total. The predicted molar refractivity (Wildman–Crippen MR) is 72.3 cm³/mol. The Morgan fingerprint density at radius 3 is 2.67 bits per heavy atom. The van der Waals surface area contributed by atoms with Crippen LogP contribution in [-0.2, 0) is 0 Å². The summed E-state index contributed by atoms with van der Waals surface area (Å²) in [6.45, 7) is 5.29. The molecular formula is C13H22N4O. The molecule has 0 aliphatic heterocycles. The van der Waals surface area contributed by atoms with Gasteiger partial charge in [0.25, 0.3) is 5.91 Å². The van der Waals surface area contributed by atoms with Crippen molar-refractivity contribution < 1.29 is 4.79 Å². The molecule has 0 aromatic carbocycles. The molecule has 100 valence electrons. The van der Waals surface area contributed by atoms with Crippen LogP contribution >= 0.6 is 0 Å². The Balaban J connectivity index is 2.44. The maximum atomic E-state index is 10.8. The molecule has 0 aliphatic carbocycles. The van der Waals surface area contributed by atoms with Gasteiger partial charge in [0.15, 0.2) is 5.69 Å². The first kappa shape index (κ1) is 14.4. The van der Waals surface area contributed by atoms with Gasteiger partial charge in [-0.2, -0.15) is 0 Å². The Bertz CT molecular complexity index is 364. The molecule has 5 heteroatoms. The van der Waals surface area contributed by atoms with Crippen LogP contribution in [-0.4, -0.2) is 22.6 Å². The summed E-state index contributed by atoms with van der Waals surface area (Å²) in [5.41, 5.74) is 5.29. The zero-order chi connectivity index (χ0) is 13.4. The number of hydrogen-bond acceptors (Lipinski definition) is 4. The number of hydrogen-bond donors (Lipinski definition) is 2. The third-order valence-electron chi connectivity index (χ3n) is 3.03. The zero-order valence-corrected chi connectivity index (χ0v) is 11.1. The lowest BCUT2D eigenvalue weighted by molar-refractivity contribution is 0.0994. The van der Waals surface area contributed by atoms with Crippen LogP contribution in [0.5, 0.6) is 0 Å². The van der Waals surface area contributed by atoms with Crippen molar-refractivity contribution in [3.63, 3.8) is 0 Å². The molecule has 1 aromatic rings. The lowest BCUT2D eigenvalue weighted by Crippen LogP contribution is -2.17. The van der Waals surface area contributed by atoms with Crippen LogP contribution in [0.2, 0.25) is 0 Å². The maximum absolute atomic E-state index is 10.8. The minimum atomic E-state index is -0.552. The van der Waals surface area contributed by atoms with Crippen LogP contribution in [0.1, 0.15) is 50.0 Å². The largest absolute Gasteiger partial charge is 0.368 e. The fraction of sp³-hybridized carbons (Fsp3) is 0.615. The Kier molecular flexibility index (Phi) is 6.11. The highest BCUT2D eigenvalue weighted by Crippen LogP contribution is 2.13. The number of amides is 1. The molecule has 0 saturated carbocycles. The Hall–Kier alpha value is -1.65. The first-order valence-corrected chi connectivity index (χ1v) is 6.54. The van der Waals surface area contributed by atoms with E-state index in [4.69, 9.17) is 5.73 Å². The number of nitrogens with one attached hydrogen (secondary N) is 1.